The molecule has 0 aliphatic carbocycles. The number of likely N-dealkylation sites (tertiary alicyclic amines) is 1. The van der Waals surface area contributed by atoms with Gasteiger partial charge in [0, 0.05) is 25.2 Å². The maximum atomic E-state index is 10.6. The van der Waals surface area contributed by atoms with Gasteiger partial charge in [-0.3, -0.25) is 15.1 Å². The zero-order chi connectivity index (χ0) is 17.5. The van der Waals surface area contributed by atoms with Gasteiger partial charge >= 0.3 is 0 Å². The van der Waals surface area contributed by atoms with Gasteiger partial charge < -0.3 is 20.5 Å². The van der Waals surface area contributed by atoms with E-state index in [0.29, 0.717) is 17.6 Å². The molecule has 0 saturated carbocycles. The van der Waals surface area contributed by atoms with E-state index < -0.39 is 11.0 Å². The van der Waals surface area contributed by atoms with Crippen LogP contribution in [0.15, 0.2) is 29.3 Å². The number of nitrogens with zero attached hydrogens (tertiary/aromatic N) is 3. The minimum Gasteiger partial charge on any atom is -0.491 e. The minimum absolute atomic E-state index is 0.00367. The Hall–Kier alpha value is -2.35. The molecular formula is C16H24N4O4. The second-order valence-corrected chi connectivity index (χ2v) is 6.11. The molecule has 0 spiro atoms. The lowest BCUT2D eigenvalue weighted by Crippen LogP contribution is -2.44. The normalized spacial score (nSPS) is 19.8. The molecule has 132 valence electrons. The lowest BCUT2D eigenvalue weighted by Gasteiger charge is -2.31. The van der Waals surface area contributed by atoms with Gasteiger partial charge in [-0.05, 0) is 30.9 Å². The monoisotopic (exact) mass is 336 g/mol. The second-order valence-electron chi connectivity index (χ2n) is 6.11. The zero-order valence-electron chi connectivity index (χ0n) is 13.8. The zero-order valence-corrected chi connectivity index (χ0v) is 13.8. The Labute approximate surface area is 141 Å². The topological polar surface area (TPSA) is 114 Å². The molecule has 1 heterocycles. The summed E-state index contributed by atoms with van der Waals surface area (Å²) in [4.78, 5) is 16.4. The Morgan fingerprint density at radius 3 is 2.88 bits per heavy atom. The van der Waals surface area contributed by atoms with Crippen LogP contribution in [0.5, 0.6) is 5.75 Å². The number of nitrogens with two attached hydrogens (primary N) is 1. The number of aliphatic hydroxyl groups is 1. The van der Waals surface area contributed by atoms with E-state index >= 15 is 0 Å². The summed E-state index contributed by atoms with van der Waals surface area (Å²) in [7, 11) is 0. The first kappa shape index (κ1) is 18.0. The lowest BCUT2D eigenvalue weighted by atomic mass is 10.0. The Bertz CT molecular complexity index is 576. The van der Waals surface area contributed by atoms with Crippen molar-refractivity contribution in [3.05, 3.63) is 34.4 Å². The molecule has 2 unspecified atom stereocenters. The van der Waals surface area contributed by atoms with E-state index in [0.717, 1.165) is 19.5 Å². The third-order valence-electron chi connectivity index (χ3n) is 3.93. The van der Waals surface area contributed by atoms with Crippen molar-refractivity contribution in [3.63, 3.8) is 0 Å². The van der Waals surface area contributed by atoms with Crippen LogP contribution >= 0.6 is 0 Å². The number of piperidine rings is 1. The lowest BCUT2D eigenvalue weighted by molar-refractivity contribution is -0.384. The molecule has 1 aromatic carbocycles. The van der Waals surface area contributed by atoms with E-state index in [-0.39, 0.29) is 18.8 Å². The molecule has 8 nitrogen and oxygen atoms in total. The molecule has 0 radical (unpaired) electrons. The number of aliphatic hydroxyl groups excluding tert-OH is 1. The summed E-state index contributed by atoms with van der Waals surface area (Å²) in [5.74, 6) is 1.51. The van der Waals surface area contributed by atoms with E-state index in [2.05, 4.69) is 11.9 Å². The molecule has 1 aromatic rings. The maximum absolute atomic E-state index is 10.6. The molecule has 24 heavy (non-hydrogen) atoms. The largest absolute Gasteiger partial charge is 0.491 e. The van der Waals surface area contributed by atoms with Gasteiger partial charge in [0.05, 0.1) is 11.5 Å². The Morgan fingerprint density at radius 2 is 2.25 bits per heavy atom. The quantitative estimate of drug-likeness (QED) is 0.351. The van der Waals surface area contributed by atoms with Gasteiger partial charge in [0.2, 0.25) is 0 Å². The first-order valence-electron chi connectivity index (χ1n) is 8.06. The number of aliphatic imine (C=N–C) groups is 1. The first-order valence-corrected chi connectivity index (χ1v) is 8.06. The highest BCUT2D eigenvalue weighted by molar-refractivity contribution is 5.78. The van der Waals surface area contributed by atoms with Gasteiger partial charge in [0.15, 0.2) is 5.96 Å². The van der Waals surface area contributed by atoms with Gasteiger partial charge in [0.1, 0.15) is 18.5 Å². The molecule has 2 rings (SSSR count). The van der Waals surface area contributed by atoms with Gasteiger partial charge in [-0.2, -0.15) is 0 Å². The number of benzene rings is 1. The maximum Gasteiger partial charge on any atom is 0.269 e. The molecule has 1 aliphatic rings. The summed E-state index contributed by atoms with van der Waals surface area (Å²) in [5, 5.41) is 20.5. The van der Waals surface area contributed by atoms with Crippen molar-refractivity contribution < 1.29 is 14.8 Å². The molecule has 2 atom stereocenters. The van der Waals surface area contributed by atoms with Gasteiger partial charge in [0.25, 0.3) is 5.69 Å². The van der Waals surface area contributed by atoms with E-state index in [1.54, 1.807) is 0 Å². The fourth-order valence-corrected chi connectivity index (χ4v) is 2.61. The van der Waals surface area contributed by atoms with Crippen molar-refractivity contribution in [3.8, 4) is 5.75 Å². The van der Waals surface area contributed by atoms with Crippen LogP contribution in [0.25, 0.3) is 0 Å². The van der Waals surface area contributed by atoms with E-state index in [9.17, 15) is 15.2 Å². The predicted molar refractivity (Wildman–Crippen MR) is 91.1 cm³/mol. The first-order chi connectivity index (χ1) is 11.5. The van der Waals surface area contributed by atoms with Crippen molar-refractivity contribution in [1.29, 1.82) is 0 Å². The van der Waals surface area contributed by atoms with Gasteiger partial charge in [-0.25, -0.2) is 0 Å². The highest BCUT2D eigenvalue weighted by Crippen LogP contribution is 2.17. The van der Waals surface area contributed by atoms with Crippen LogP contribution in [0, 0.1) is 16.0 Å². The number of nitro groups is 1. The number of hydrogen-bond donors (Lipinski definition) is 2. The number of guanidine groups is 1. The van der Waals surface area contributed by atoms with E-state index in [1.807, 2.05) is 4.90 Å². The summed E-state index contributed by atoms with van der Waals surface area (Å²) in [6.45, 7) is 4.18. The standard InChI is InChI=1S/C16H24N4O4/c1-12-3-2-8-19(10-12)16(17)18-9-14(21)11-24-15-6-4-13(5-7-15)20(22)23/h4-7,12,14,21H,2-3,8-11H2,1H3,(H2,17,18). The molecule has 0 amide bonds. The second kappa shape index (κ2) is 8.49. The molecular weight excluding hydrogens is 312 g/mol. The molecule has 0 aromatic heterocycles. The van der Waals surface area contributed by atoms with Crippen molar-refractivity contribution in [2.45, 2.75) is 25.9 Å². The number of rotatable bonds is 6. The average molecular weight is 336 g/mol. The van der Waals surface area contributed by atoms with E-state index in [4.69, 9.17) is 10.5 Å². The molecule has 1 fully saturated rings. The van der Waals surface area contributed by atoms with Crippen molar-refractivity contribution >= 4 is 11.6 Å². The smallest absolute Gasteiger partial charge is 0.269 e. The Kier molecular flexibility index (Phi) is 6.36. The third-order valence-corrected chi connectivity index (χ3v) is 3.93. The van der Waals surface area contributed by atoms with Crippen LogP contribution in [-0.2, 0) is 0 Å². The average Bonchev–Trinajstić information content (AvgIpc) is 2.58. The van der Waals surface area contributed by atoms with Crippen LogP contribution in [0.2, 0.25) is 0 Å². The summed E-state index contributed by atoms with van der Waals surface area (Å²) in [5.41, 5.74) is 5.97. The van der Waals surface area contributed by atoms with Gasteiger partial charge in [-0.15, -0.1) is 0 Å². The molecule has 1 saturated heterocycles. The van der Waals surface area contributed by atoms with Crippen LogP contribution in [0.4, 0.5) is 5.69 Å². The number of ether oxygens (including phenoxy) is 1. The SMILES string of the molecule is CC1CCCN(C(N)=NCC(O)COc2ccc([N+](=O)[O-])cc2)C1. The van der Waals surface area contributed by atoms with Crippen LogP contribution in [-0.4, -0.2) is 53.2 Å². The Balaban J connectivity index is 1.77. The summed E-state index contributed by atoms with van der Waals surface area (Å²) in [6.07, 6.45) is 1.51. The van der Waals surface area contributed by atoms with E-state index in [1.165, 1.54) is 30.7 Å². The number of nitro benzene ring substituents is 1. The van der Waals surface area contributed by atoms with Crippen LogP contribution in [0.3, 0.4) is 0 Å². The van der Waals surface area contributed by atoms with Crippen molar-refractivity contribution in [2.75, 3.05) is 26.2 Å². The minimum atomic E-state index is -0.791. The highest BCUT2D eigenvalue weighted by Gasteiger charge is 2.18. The number of hydrogen-bond acceptors (Lipinski definition) is 5. The Morgan fingerprint density at radius 1 is 1.54 bits per heavy atom. The fraction of sp³-hybridized carbons (Fsp3) is 0.562. The molecule has 1 aliphatic heterocycles. The fourth-order valence-electron chi connectivity index (χ4n) is 2.61. The summed E-state index contributed by atoms with van der Waals surface area (Å²) < 4.78 is 5.40. The highest BCUT2D eigenvalue weighted by atomic mass is 16.6. The van der Waals surface area contributed by atoms with Crippen LogP contribution < -0.4 is 10.5 Å². The van der Waals surface area contributed by atoms with Gasteiger partial charge in [-0.1, -0.05) is 6.92 Å². The molecule has 8 heteroatoms. The molecule has 0 bridgehead atoms. The third kappa shape index (κ3) is 5.38. The summed E-state index contributed by atoms with van der Waals surface area (Å²) in [6, 6.07) is 5.71. The predicted octanol–water partition coefficient (Wildman–Crippen LogP) is 1.38. The van der Waals surface area contributed by atoms with Crippen LogP contribution in [0.1, 0.15) is 19.8 Å². The van der Waals surface area contributed by atoms with Crippen molar-refractivity contribution in [1.82, 2.24) is 4.90 Å². The molecule has 3 N–H and O–H groups in total. The summed E-state index contributed by atoms with van der Waals surface area (Å²) >= 11 is 0. The van der Waals surface area contributed by atoms with Crippen molar-refractivity contribution in [2.24, 2.45) is 16.6 Å². The number of non-ortho nitro benzene ring substituents is 1.